The monoisotopic (exact) mass is 364 g/mol. The summed E-state index contributed by atoms with van der Waals surface area (Å²) in [5.74, 6) is -0.632. The summed E-state index contributed by atoms with van der Waals surface area (Å²) in [7, 11) is 0. The van der Waals surface area contributed by atoms with Gasteiger partial charge in [-0.3, -0.25) is 4.98 Å². The van der Waals surface area contributed by atoms with Crippen LogP contribution in [0, 0.1) is 6.85 Å². The zero-order valence-electron chi connectivity index (χ0n) is 20.3. The molecule has 3 aromatic heterocycles. The van der Waals surface area contributed by atoms with E-state index in [1.165, 1.54) is 24.0 Å². The number of pyridine rings is 2. The van der Waals surface area contributed by atoms with Crippen LogP contribution in [-0.2, 0) is 0 Å². The normalized spacial score (nSPS) is 20.8. The largest absolute Gasteiger partial charge is 0.256 e. The zero-order valence-corrected chi connectivity index (χ0v) is 15.1. The average Bonchev–Trinajstić information content (AvgIpc) is 3.13. The minimum Gasteiger partial charge on any atom is -0.256 e. The molecule has 4 aromatic rings. The molecule has 5 rings (SSSR count). The number of fused-ring (bicyclic) bond motifs is 3. The third-order valence-electron chi connectivity index (χ3n) is 5.08. The lowest BCUT2D eigenvalue weighted by molar-refractivity contribution is 0.437. The van der Waals surface area contributed by atoms with Crippen molar-refractivity contribution in [3.63, 3.8) is 0 Å². The van der Waals surface area contributed by atoms with E-state index in [0.29, 0.717) is 11.3 Å². The zero-order chi connectivity index (χ0) is 22.7. The maximum absolute atomic E-state index is 8.91. The van der Waals surface area contributed by atoms with Gasteiger partial charge in [-0.1, -0.05) is 43.5 Å². The highest BCUT2D eigenvalue weighted by Gasteiger charge is 2.18. The second-order valence-corrected chi connectivity index (χ2v) is 7.77. The SMILES string of the molecule is [2H]c1c(C([2H])([2H])[2H])cnc(-c2cccc3c2sc2nc(C4([2H])CCCCC4)ccc23)c1[2H]. The van der Waals surface area contributed by atoms with Gasteiger partial charge in [0.1, 0.15) is 4.83 Å². The molecule has 0 bridgehead atoms. The predicted octanol–water partition coefficient (Wildman–Crippen LogP) is 6.87. The molecule has 3 heteroatoms. The molecule has 1 aliphatic carbocycles. The Kier molecular flexibility index (Phi) is 2.69. The summed E-state index contributed by atoms with van der Waals surface area (Å²) in [4.78, 5) is 10.0. The third kappa shape index (κ3) is 2.71. The first kappa shape index (κ1) is 10.8. The van der Waals surface area contributed by atoms with Gasteiger partial charge in [0.2, 0.25) is 0 Å². The molecule has 0 atom stereocenters. The molecule has 1 saturated carbocycles. The highest BCUT2D eigenvalue weighted by molar-refractivity contribution is 7.26. The first-order valence-corrected chi connectivity index (χ1v) is 9.80. The lowest BCUT2D eigenvalue weighted by Gasteiger charge is -2.20. The Balaban J connectivity index is 1.67. The fourth-order valence-electron chi connectivity index (χ4n) is 3.75. The van der Waals surface area contributed by atoms with Crippen molar-refractivity contribution in [2.75, 3.05) is 0 Å². The molecule has 0 saturated heterocycles. The lowest BCUT2D eigenvalue weighted by atomic mass is 9.86. The molecule has 1 aromatic carbocycles. The van der Waals surface area contributed by atoms with E-state index in [1.807, 2.05) is 30.3 Å². The molecule has 0 spiro atoms. The van der Waals surface area contributed by atoms with E-state index < -0.39 is 12.7 Å². The van der Waals surface area contributed by atoms with Crippen LogP contribution in [0.5, 0.6) is 0 Å². The van der Waals surface area contributed by atoms with Crippen LogP contribution in [0.2, 0.25) is 0 Å². The molecule has 3 heterocycles. The molecule has 0 N–H and O–H groups in total. The van der Waals surface area contributed by atoms with Crippen molar-refractivity contribution in [2.24, 2.45) is 0 Å². The molecular formula is C23H22N2S. The summed E-state index contributed by atoms with van der Waals surface area (Å²) >= 11 is 1.49. The van der Waals surface area contributed by atoms with Crippen LogP contribution in [0.25, 0.3) is 31.6 Å². The summed E-state index contributed by atoms with van der Waals surface area (Å²) in [6.45, 7) is -2.48. The fraction of sp³-hybridized carbons (Fsp3) is 0.304. The van der Waals surface area contributed by atoms with Crippen LogP contribution < -0.4 is 0 Å². The van der Waals surface area contributed by atoms with Crippen molar-refractivity contribution in [3.8, 4) is 11.3 Å². The summed E-state index contributed by atoms with van der Waals surface area (Å²) in [6, 6.07) is 9.23. The molecule has 0 aliphatic heterocycles. The molecule has 130 valence electrons. The van der Waals surface area contributed by atoms with Crippen molar-refractivity contribution in [2.45, 2.75) is 44.8 Å². The number of hydrogen-bond donors (Lipinski definition) is 0. The van der Waals surface area contributed by atoms with Crippen molar-refractivity contribution in [1.29, 1.82) is 0 Å². The minimum atomic E-state index is -2.48. The fourth-order valence-corrected chi connectivity index (χ4v) is 4.94. The van der Waals surface area contributed by atoms with Gasteiger partial charge in [0.15, 0.2) is 0 Å². The van der Waals surface area contributed by atoms with Gasteiger partial charge in [0, 0.05) is 44.3 Å². The maximum atomic E-state index is 8.91. The van der Waals surface area contributed by atoms with Gasteiger partial charge in [-0.05, 0) is 43.4 Å². The number of thiophene rings is 1. The number of rotatable bonds is 2. The Labute approximate surface area is 166 Å². The van der Waals surface area contributed by atoms with Gasteiger partial charge in [-0.2, -0.15) is 0 Å². The second kappa shape index (κ2) is 6.48. The quantitative estimate of drug-likeness (QED) is 0.388. The van der Waals surface area contributed by atoms with E-state index in [9.17, 15) is 0 Å². The van der Waals surface area contributed by atoms with Crippen molar-refractivity contribution >= 4 is 31.6 Å². The Morgan fingerprint density at radius 3 is 2.92 bits per heavy atom. The number of aryl methyl sites for hydroxylation is 1. The molecular weight excluding hydrogens is 336 g/mol. The molecule has 1 fully saturated rings. The Morgan fingerprint density at radius 2 is 2.04 bits per heavy atom. The topological polar surface area (TPSA) is 25.8 Å². The Morgan fingerprint density at radius 1 is 1.12 bits per heavy atom. The van der Waals surface area contributed by atoms with Gasteiger partial charge < -0.3 is 0 Å². The van der Waals surface area contributed by atoms with E-state index in [1.54, 1.807) is 0 Å². The molecule has 2 nitrogen and oxygen atoms in total. The van der Waals surface area contributed by atoms with E-state index in [2.05, 4.69) is 4.98 Å². The molecule has 1 aliphatic rings. The van der Waals surface area contributed by atoms with E-state index in [-0.39, 0.29) is 17.6 Å². The summed E-state index contributed by atoms with van der Waals surface area (Å²) in [5, 5.41) is 1.98. The Hall–Kier alpha value is -2.26. The van der Waals surface area contributed by atoms with Gasteiger partial charge in [0.25, 0.3) is 0 Å². The van der Waals surface area contributed by atoms with E-state index in [0.717, 1.165) is 51.7 Å². The predicted molar refractivity (Wildman–Crippen MR) is 111 cm³/mol. The van der Waals surface area contributed by atoms with E-state index in [4.69, 9.17) is 13.2 Å². The van der Waals surface area contributed by atoms with Crippen LogP contribution in [-0.4, -0.2) is 9.97 Å². The molecule has 0 amide bonds. The van der Waals surface area contributed by atoms with Gasteiger partial charge in [-0.25, -0.2) is 4.98 Å². The first-order chi connectivity index (χ1) is 15.2. The van der Waals surface area contributed by atoms with Crippen molar-refractivity contribution in [3.05, 3.63) is 59.9 Å². The summed E-state index contributed by atoms with van der Waals surface area (Å²) in [5.41, 5.74) is 1.59. The molecule has 0 unspecified atom stereocenters. The van der Waals surface area contributed by atoms with Gasteiger partial charge >= 0.3 is 0 Å². The summed E-state index contributed by atoms with van der Waals surface area (Å²) in [6.07, 6.45) is 6.14. The van der Waals surface area contributed by atoms with E-state index >= 15 is 0 Å². The van der Waals surface area contributed by atoms with Gasteiger partial charge in [0.05, 0.1) is 8.44 Å². The van der Waals surface area contributed by atoms with Crippen molar-refractivity contribution < 1.29 is 8.22 Å². The third-order valence-corrected chi connectivity index (χ3v) is 6.23. The maximum Gasteiger partial charge on any atom is 0.124 e. The van der Waals surface area contributed by atoms with Crippen molar-refractivity contribution in [1.82, 2.24) is 9.97 Å². The number of hydrogen-bond acceptors (Lipinski definition) is 3. The Bertz CT molecular complexity index is 1340. The standard InChI is InChI=1S/C23H22N2S/c1-15-10-12-21(24-14-15)19-9-5-8-17-18-11-13-20(16-6-3-2-4-7-16)25-23(18)26-22(17)19/h5,8-14,16H,2-4,6-7H2,1H3/i1D3,10D,12D,16D. The van der Waals surface area contributed by atoms with Crippen LogP contribution in [0.1, 0.15) is 57.5 Å². The van der Waals surface area contributed by atoms with Crippen LogP contribution in [0.4, 0.5) is 0 Å². The second-order valence-electron chi connectivity index (χ2n) is 6.77. The molecule has 0 radical (unpaired) electrons. The number of nitrogens with zero attached hydrogens (tertiary/aromatic N) is 2. The lowest BCUT2D eigenvalue weighted by Crippen LogP contribution is -2.05. The van der Waals surface area contributed by atoms with Crippen LogP contribution in [0.15, 0.2) is 48.6 Å². The van der Waals surface area contributed by atoms with Gasteiger partial charge in [-0.15, -0.1) is 11.3 Å². The minimum absolute atomic E-state index is 0.190. The molecule has 26 heavy (non-hydrogen) atoms. The van der Waals surface area contributed by atoms with Crippen LogP contribution >= 0.6 is 11.3 Å². The highest BCUT2D eigenvalue weighted by atomic mass is 32.1. The highest BCUT2D eigenvalue weighted by Crippen LogP contribution is 2.40. The smallest absolute Gasteiger partial charge is 0.124 e. The number of benzene rings is 1. The summed E-state index contributed by atoms with van der Waals surface area (Å²) < 4.78 is 49.2. The average molecular weight is 365 g/mol. The first-order valence-electron chi connectivity index (χ1n) is 12.0. The number of aromatic nitrogens is 2. The van der Waals surface area contributed by atoms with Crippen LogP contribution in [0.3, 0.4) is 0 Å².